The molecular formula is C17H17N5OS3. The second kappa shape index (κ2) is 7.34. The van der Waals surface area contributed by atoms with Gasteiger partial charge in [0.1, 0.15) is 16.5 Å². The monoisotopic (exact) mass is 403 g/mol. The Labute approximate surface area is 162 Å². The fraction of sp³-hybridized carbons (Fsp3) is 0.294. The lowest BCUT2D eigenvalue weighted by molar-refractivity contribution is 0.840. The number of H-pyrrole nitrogens is 2. The minimum atomic E-state index is -0.0884. The molecule has 0 aliphatic rings. The first-order chi connectivity index (χ1) is 12.6. The molecule has 134 valence electrons. The van der Waals surface area contributed by atoms with Crippen molar-refractivity contribution in [2.45, 2.75) is 37.6 Å². The van der Waals surface area contributed by atoms with E-state index in [0.717, 1.165) is 33.9 Å². The fourth-order valence-electron chi connectivity index (χ4n) is 2.65. The fourth-order valence-corrected chi connectivity index (χ4v) is 5.26. The Morgan fingerprint density at radius 3 is 2.88 bits per heavy atom. The summed E-state index contributed by atoms with van der Waals surface area (Å²) in [6.07, 6.45) is 1.91. The Hall–Kier alpha value is -1.97. The molecule has 4 rings (SSSR count). The summed E-state index contributed by atoms with van der Waals surface area (Å²) in [5, 5.41) is 10.5. The Morgan fingerprint density at radius 2 is 2.12 bits per heavy atom. The Kier molecular flexibility index (Phi) is 4.92. The van der Waals surface area contributed by atoms with Crippen molar-refractivity contribution in [3.8, 4) is 10.4 Å². The first-order valence-corrected chi connectivity index (χ1v) is 10.9. The number of aryl methyl sites for hydroxylation is 2. The van der Waals surface area contributed by atoms with Crippen LogP contribution in [0.15, 0.2) is 27.5 Å². The first kappa shape index (κ1) is 17.4. The molecule has 0 saturated heterocycles. The van der Waals surface area contributed by atoms with Crippen LogP contribution >= 0.6 is 34.4 Å². The van der Waals surface area contributed by atoms with Crippen LogP contribution in [0.2, 0.25) is 0 Å². The van der Waals surface area contributed by atoms with Crippen LogP contribution in [-0.2, 0) is 12.2 Å². The van der Waals surface area contributed by atoms with E-state index in [4.69, 9.17) is 0 Å². The Balaban J connectivity index is 1.58. The minimum absolute atomic E-state index is 0.0884. The van der Waals surface area contributed by atoms with E-state index in [1.165, 1.54) is 28.0 Å². The summed E-state index contributed by atoms with van der Waals surface area (Å²) in [5.74, 6) is 2.06. The molecule has 4 heterocycles. The average Bonchev–Trinajstić information content (AvgIpc) is 3.33. The SMILES string of the molecule is CCCc1nc(SCc2nc3scc(-c4ccc(C)s4)c3c(=O)[nH]2)n[nH]1. The van der Waals surface area contributed by atoms with Crippen LogP contribution in [0.4, 0.5) is 0 Å². The lowest BCUT2D eigenvalue weighted by atomic mass is 10.2. The van der Waals surface area contributed by atoms with Gasteiger partial charge < -0.3 is 4.98 Å². The standard InChI is InChI=1S/C17H17N5OS3/c1-3-4-12-20-17(22-21-12)25-8-13-18-15(23)14-10(7-24-16(14)19-13)11-6-5-9(2)26-11/h5-7H,3-4,8H2,1-2H3,(H,18,19,23)(H,20,21,22). The number of hydrogen-bond acceptors (Lipinski definition) is 7. The number of thioether (sulfide) groups is 1. The highest BCUT2D eigenvalue weighted by Crippen LogP contribution is 2.35. The first-order valence-electron chi connectivity index (χ1n) is 8.25. The van der Waals surface area contributed by atoms with Gasteiger partial charge in [0.25, 0.3) is 5.56 Å². The maximum Gasteiger partial charge on any atom is 0.260 e. The van der Waals surface area contributed by atoms with E-state index < -0.39 is 0 Å². The molecule has 6 nitrogen and oxygen atoms in total. The van der Waals surface area contributed by atoms with E-state index in [0.29, 0.717) is 22.1 Å². The highest BCUT2D eigenvalue weighted by atomic mass is 32.2. The summed E-state index contributed by atoms with van der Waals surface area (Å²) in [7, 11) is 0. The van der Waals surface area contributed by atoms with Crippen molar-refractivity contribution in [1.29, 1.82) is 0 Å². The van der Waals surface area contributed by atoms with Gasteiger partial charge in [-0.05, 0) is 25.5 Å². The van der Waals surface area contributed by atoms with Crippen molar-refractivity contribution in [2.75, 3.05) is 0 Å². The van der Waals surface area contributed by atoms with E-state index in [-0.39, 0.29) is 5.56 Å². The molecule has 0 bridgehead atoms. The zero-order valence-corrected chi connectivity index (χ0v) is 16.8. The lowest BCUT2D eigenvalue weighted by Gasteiger charge is -2.00. The van der Waals surface area contributed by atoms with Crippen LogP contribution in [0, 0.1) is 6.92 Å². The normalized spacial score (nSPS) is 11.5. The van der Waals surface area contributed by atoms with E-state index in [9.17, 15) is 4.79 Å². The Morgan fingerprint density at radius 1 is 1.23 bits per heavy atom. The highest BCUT2D eigenvalue weighted by molar-refractivity contribution is 7.98. The van der Waals surface area contributed by atoms with Crippen molar-refractivity contribution in [3.05, 3.63) is 44.4 Å². The number of nitrogens with zero attached hydrogens (tertiary/aromatic N) is 3. The Bertz CT molecular complexity index is 1110. The van der Waals surface area contributed by atoms with Crippen molar-refractivity contribution < 1.29 is 0 Å². The molecule has 9 heteroatoms. The summed E-state index contributed by atoms with van der Waals surface area (Å²) < 4.78 is 0. The smallest absolute Gasteiger partial charge is 0.260 e. The molecule has 0 amide bonds. The van der Waals surface area contributed by atoms with Crippen LogP contribution in [0.25, 0.3) is 20.7 Å². The predicted octanol–water partition coefficient (Wildman–Crippen LogP) is 4.38. The van der Waals surface area contributed by atoms with Gasteiger partial charge in [-0.15, -0.1) is 27.8 Å². The van der Waals surface area contributed by atoms with Gasteiger partial charge in [-0.3, -0.25) is 9.89 Å². The summed E-state index contributed by atoms with van der Waals surface area (Å²) in [6.45, 7) is 4.17. The molecule has 0 radical (unpaired) electrons. The third kappa shape index (κ3) is 3.46. The molecule has 0 saturated carbocycles. The molecule has 0 atom stereocenters. The van der Waals surface area contributed by atoms with Gasteiger partial charge in [0, 0.05) is 27.1 Å². The molecular weight excluding hydrogens is 386 g/mol. The van der Waals surface area contributed by atoms with Crippen molar-refractivity contribution in [3.63, 3.8) is 0 Å². The van der Waals surface area contributed by atoms with Gasteiger partial charge >= 0.3 is 0 Å². The zero-order valence-electron chi connectivity index (χ0n) is 14.3. The highest BCUT2D eigenvalue weighted by Gasteiger charge is 2.14. The lowest BCUT2D eigenvalue weighted by Crippen LogP contribution is -2.10. The number of fused-ring (bicyclic) bond motifs is 1. The third-order valence-electron chi connectivity index (χ3n) is 3.83. The van der Waals surface area contributed by atoms with Crippen LogP contribution in [0.5, 0.6) is 0 Å². The summed E-state index contributed by atoms with van der Waals surface area (Å²) in [4.78, 5) is 27.7. The maximum atomic E-state index is 12.6. The molecule has 4 aromatic heterocycles. The summed E-state index contributed by atoms with van der Waals surface area (Å²) in [5.41, 5.74) is 0.879. The molecule has 2 N–H and O–H groups in total. The van der Waals surface area contributed by atoms with E-state index in [2.05, 4.69) is 51.1 Å². The number of rotatable bonds is 6. The van der Waals surface area contributed by atoms with E-state index in [1.54, 1.807) is 11.3 Å². The molecule has 0 aliphatic heterocycles. The van der Waals surface area contributed by atoms with Gasteiger partial charge in [-0.2, -0.15) is 0 Å². The number of nitrogens with one attached hydrogen (secondary N) is 2. The number of thiophene rings is 2. The van der Waals surface area contributed by atoms with Crippen LogP contribution < -0.4 is 5.56 Å². The van der Waals surface area contributed by atoms with E-state index >= 15 is 0 Å². The topological polar surface area (TPSA) is 87.3 Å². The number of aromatic nitrogens is 5. The van der Waals surface area contributed by atoms with Crippen molar-refractivity contribution in [2.24, 2.45) is 0 Å². The minimum Gasteiger partial charge on any atom is -0.309 e. The third-order valence-corrected chi connectivity index (χ3v) is 6.60. The molecule has 0 fully saturated rings. The zero-order chi connectivity index (χ0) is 18.1. The molecule has 0 spiro atoms. The van der Waals surface area contributed by atoms with Gasteiger partial charge in [0.2, 0.25) is 5.16 Å². The quantitative estimate of drug-likeness (QED) is 0.466. The van der Waals surface area contributed by atoms with Crippen LogP contribution in [0.1, 0.15) is 29.9 Å². The molecule has 0 unspecified atom stereocenters. The van der Waals surface area contributed by atoms with Gasteiger partial charge in [-0.25, -0.2) is 9.97 Å². The maximum absolute atomic E-state index is 12.6. The van der Waals surface area contributed by atoms with Gasteiger partial charge in [0.15, 0.2) is 0 Å². The molecule has 0 aromatic carbocycles. The summed E-state index contributed by atoms with van der Waals surface area (Å²) >= 11 is 4.66. The van der Waals surface area contributed by atoms with Crippen LogP contribution in [-0.4, -0.2) is 25.1 Å². The largest absolute Gasteiger partial charge is 0.309 e. The second-order valence-corrected chi connectivity index (χ2v) is 8.94. The van der Waals surface area contributed by atoms with Crippen molar-refractivity contribution >= 4 is 44.7 Å². The van der Waals surface area contributed by atoms with Crippen LogP contribution in [0.3, 0.4) is 0 Å². The van der Waals surface area contributed by atoms with E-state index in [1.807, 2.05) is 5.38 Å². The molecule has 0 aliphatic carbocycles. The number of hydrogen-bond donors (Lipinski definition) is 2. The number of aromatic amines is 2. The van der Waals surface area contributed by atoms with Crippen molar-refractivity contribution in [1.82, 2.24) is 25.1 Å². The summed E-state index contributed by atoms with van der Waals surface area (Å²) in [6, 6.07) is 4.13. The predicted molar refractivity (Wildman–Crippen MR) is 108 cm³/mol. The molecule has 4 aromatic rings. The van der Waals surface area contributed by atoms with Gasteiger partial charge in [-0.1, -0.05) is 18.7 Å². The average molecular weight is 404 g/mol. The second-order valence-electron chi connectivity index (χ2n) is 5.86. The van der Waals surface area contributed by atoms with Gasteiger partial charge in [0.05, 0.1) is 11.1 Å². The molecule has 26 heavy (non-hydrogen) atoms.